The Morgan fingerprint density at radius 2 is 1.77 bits per heavy atom. The van der Waals surface area contributed by atoms with E-state index in [0.29, 0.717) is 6.54 Å². The molecule has 2 aromatic carbocycles. The first-order valence-corrected chi connectivity index (χ1v) is 7.91. The SMILES string of the molecule is Cc1ccccc1CNc1nccc(C(=O)Nc2c(F)cccc2F)n1. The van der Waals surface area contributed by atoms with Gasteiger partial charge in [0.05, 0.1) is 0 Å². The van der Waals surface area contributed by atoms with Gasteiger partial charge in [-0.05, 0) is 36.2 Å². The fourth-order valence-corrected chi connectivity index (χ4v) is 2.35. The number of anilines is 2. The molecule has 132 valence electrons. The molecular formula is C19H16F2N4O. The Morgan fingerprint density at radius 1 is 1.04 bits per heavy atom. The van der Waals surface area contributed by atoms with Gasteiger partial charge in [0.15, 0.2) is 0 Å². The van der Waals surface area contributed by atoms with Crippen LogP contribution in [-0.4, -0.2) is 15.9 Å². The summed E-state index contributed by atoms with van der Waals surface area (Å²) in [7, 11) is 0. The van der Waals surface area contributed by atoms with Crippen molar-refractivity contribution in [3.05, 3.63) is 83.2 Å². The fourth-order valence-electron chi connectivity index (χ4n) is 2.35. The summed E-state index contributed by atoms with van der Waals surface area (Å²) >= 11 is 0. The van der Waals surface area contributed by atoms with Gasteiger partial charge in [0.25, 0.3) is 5.91 Å². The van der Waals surface area contributed by atoms with E-state index in [1.807, 2.05) is 31.2 Å². The number of halogens is 2. The number of aryl methyl sites for hydroxylation is 1. The first-order chi connectivity index (χ1) is 12.5. The van der Waals surface area contributed by atoms with Gasteiger partial charge in [0.1, 0.15) is 23.0 Å². The molecule has 1 heterocycles. The molecule has 7 heteroatoms. The average molecular weight is 354 g/mol. The molecule has 0 aliphatic rings. The highest BCUT2D eigenvalue weighted by atomic mass is 19.1. The minimum Gasteiger partial charge on any atom is -0.350 e. The van der Waals surface area contributed by atoms with Crippen molar-refractivity contribution in [1.29, 1.82) is 0 Å². The van der Waals surface area contributed by atoms with Gasteiger partial charge >= 0.3 is 0 Å². The Hall–Kier alpha value is -3.35. The van der Waals surface area contributed by atoms with E-state index in [9.17, 15) is 13.6 Å². The summed E-state index contributed by atoms with van der Waals surface area (Å²) in [4.78, 5) is 20.4. The molecule has 0 aliphatic heterocycles. The van der Waals surface area contributed by atoms with Crippen LogP contribution in [0.5, 0.6) is 0 Å². The molecule has 0 spiro atoms. The number of aromatic nitrogens is 2. The standard InChI is InChI=1S/C19H16F2N4O/c1-12-5-2-3-6-13(12)11-23-19-22-10-9-16(24-19)18(26)25-17-14(20)7-4-8-15(17)21/h2-10H,11H2,1H3,(H,25,26)(H,22,23,24). The smallest absolute Gasteiger partial charge is 0.274 e. The van der Waals surface area contributed by atoms with E-state index < -0.39 is 23.2 Å². The molecule has 5 nitrogen and oxygen atoms in total. The maximum Gasteiger partial charge on any atom is 0.274 e. The lowest BCUT2D eigenvalue weighted by Crippen LogP contribution is -2.17. The molecule has 1 amide bonds. The normalized spacial score (nSPS) is 10.4. The zero-order valence-electron chi connectivity index (χ0n) is 14.0. The molecule has 26 heavy (non-hydrogen) atoms. The number of hydrogen-bond acceptors (Lipinski definition) is 4. The van der Waals surface area contributed by atoms with Crippen molar-refractivity contribution < 1.29 is 13.6 Å². The Morgan fingerprint density at radius 3 is 2.50 bits per heavy atom. The summed E-state index contributed by atoms with van der Waals surface area (Å²) in [6.45, 7) is 2.48. The Kier molecular flexibility index (Phi) is 5.17. The lowest BCUT2D eigenvalue weighted by Gasteiger charge is -2.09. The maximum absolute atomic E-state index is 13.7. The maximum atomic E-state index is 13.7. The predicted octanol–water partition coefficient (Wildman–Crippen LogP) is 3.93. The van der Waals surface area contributed by atoms with E-state index in [1.54, 1.807) is 0 Å². The van der Waals surface area contributed by atoms with Crippen LogP contribution in [0.25, 0.3) is 0 Å². The molecule has 2 N–H and O–H groups in total. The number of carbonyl (C=O) groups is 1. The summed E-state index contributed by atoms with van der Waals surface area (Å²) in [5, 5.41) is 5.23. The molecule has 0 saturated heterocycles. The number of hydrogen-bond donors (Lipinski definition) is 2. The highest BCUT2D eigenvalue weighted by molar-refractivity contribution is 6.03. The van der Waals surface area contributed by atoms with Crippen molar-refractivity contribution in [3.8, 4) is 0 Å². The zero-order chi connectivity index (χ0) is 18.5. The number of nitrogens with zero attached hydrogens (tertiary/aromatic N) is 2. The molecule has 0 saturated carbocycles. The first kappa shape index (κ1) is 17.5. The van der Waals surface area contributed by atoms with Gasteiger partial charge in [-0.1, -0.05) is 30.3 Å². The molecule has 0 unspecified atom stereocenters. The summed E-state index contributed by atoms with van der Waals surface area (Å²) in [5.74, 6) is -2.19. The lowest BCUT2D eigenvalue weighted by molar-refractivity contribution is 0.102. The number of para-hydroxylation sites is 1. The summed E-state index contributed by atoms with van der Waals surface area (Å²) in [6, 6.07) is 12.6. The molecule has 0 aliphatic carbocycles. The van der Waals surface area contributed by atoms with Crippen molar-refractivity contribution in [2.24, 2.45) is 0 Å². The van der Waals surface area contributed by atoms with Crippen molar-refractivity contribution in [3.63, 3.8) is 0 Å². The van der Waals surface area contributed by atoms with E-state index in [2.05, 4.69) is 20.6 Å². The third kappa shape index (κ3) is 4.00. The Balaban J connectivity index is 1.72. The van der Waals surface area contributed by atoms with Crippen LogP contribution in [-0.2, 0) is 6.54 Å². The summed E-state index contributed by atoms with van der Waals surface area (Å²) in [5.41, 5.74) is 1.67. The van der Waals surface area contributed by atoms with Crippen molar-refractivity contribution in [2.75, 3.05) is 10.6 Å². The van der Waals surface area contributed by atoms with Crippen LogP contribution in [0.4, 0.5) is 20.4 Å². The van der Waals surface area contributed by atoms with Gasteiger partial charge in [-0.15, -0.1) is 0 Å². The molecule has 0 atom stereocenters. The van der Waals surface area contributed by atoms with Gasteiger partial charge in [-0.2, -0.15) is 0 Å². The topological polar surface area (TPSA) is 66.9 Å². The summed E-state index contributed by atoms with van der Waals surface area (Å²) < 4.78 is 27.3. The zero-order valence-corrected chi connectivity index (χ0v) is 14.0. The predicted molar refractivity (Wildman–Crippen MR) is 94.8 cm³/mol. The molecule has 0 radical (unpaired) electrons. The van der Waals surface area contributed by atoms with E-state index in [1.165, 1.54) is 18.3 Å². The molecule has 1 aromatic heterocycles. The second-order valence-corrected chi connectivity index (χ2v) is 5.60. The number of rotatable bonds is 5. The highest BCUT2D eigenvalue weighted by Gasteiger charge is 2.15. The van der Waals surface area contributed by atoms with Gasteiger partial charge < -0.3 is 10.6 Å². The first-order valence-electron chi connectivity index (χ1n) is 7.91. The number of carbonyl (C=O) groups excluding carboxylic acids is 1. The summed E-state index contributed by atoms with van der Waals surface area (Å²) in [6.07, 6.45) is 1.40. The van der Waals surface area contributed by atoms with Crippen LogP contribution >= 0.6 is 0 Å². The van der Waals surface area contributed by atoms with Crippen molar-refractivity contribution >= 4 is 17.5 Å². The quantitative estimate of drug-likeness (QED) is 0.729. The van der Waals surface area contributed by atoms with E-state index in [-0.39, 0.29) is 11.6 Å². The molecular weight excluding hydrogens is 338 g/mol. The second kappa shape index (κ2) is 7.69. The number of amides is 1. The van der Waals surface area contributed by atoms with Crippen molar-refractivity contribution in [1.82, 2.24) is 9.97 Å². The second-order valence-electron chi connectivity index (χ2n) is 5.60. The Labute approximate surface area is 149 Å². The molecule has 0 fully saturated rings. The monoisotopic (exact) mass is 354 g/mol. The minimum atomic E-state index is -0.856. The molecule has 3 aromatic rings. The number of benzene rings is 2. The van der Waals surface area contributed by atoms with E-state index in [4.69, 9.17) is 0 Å². The Bertz CT molecular complexity index is 926. The third-order valence-electron chi connectivity index (χ3n) is 3.79. The van der Waals surface area contributed by atoms with Gasteiger partial charge in [0.2, 0.25) is 5.95 Å². The highest BCUT2D eigenvalue weighted by Crippen LogP contribution is 2.19. The lowest BCUT2D eigenvalue weighted by atomic mass is 10.1. The van der Waals surface area contributed by atoms with E-state index in [0.717, 1.165) is 23.3 Å². The van der Waals surface area contributed by atoms with Crippen LogP contribution in [0.2, 0.25) is 0 Å². The minimum absolute atomic E-state index is 0.00469. The molecule has 3 rings (SSSR count). The molecule has 0 bridgehead atoms. The van der Waals surface area contributed by atoms with Crippen LogP contribution in [0.3, 0.4) is 0 Å². The average Bonchev–Trinajstić information content (AvgIpc) is 2.64. The van der Waals surface area contributed by atoms with Crippen molar-refractivity contribution in [2.45, 2.75) is 13.5 Å². The largest absolute Gasteiger partial charge is 0.350 e. The van der Waals surface area contributed by atoms with Crippen LogP contribution < -0.4 is 10.6 Å². The fraction of sp³-hybridized carbons (Fsp3) is 0.105. The van der Waals surface area contributed by atoms with Crippen LogP contribution in [0.1, 0.15) is 21.6 Å². The van der Waals surface area contributed by atoms with Crippen LogP contribution in [0, 0.1) is 18.6 Å². The van der Waals surface area contributed by atoms with Gasteiger partial charge in [-0.25, -0.2) is 18.7 Å². The van der Waals surface area contributed by atoms with Crippen LogP contribution in [0.15, 0.2) is 54.7 Å². The van der Waals surface area contributed by atoms with Gasteiger partial charge in [0, 0.05) is 12.7 Å². The number of nitrogens with one attached hydrogen (secondary N) is 2. The van der Waals surface area contributed by atoms with E-state index >= 15 is 0 Å². The van der Waals surface area contributed by atoms with Gasteiger partial charge in [-0.3, -0.25) is 4.79 Å². The third-order valence-corrected chi connectivity index (χ3v) is 3.79.